The smallest absolute Gasteiger partial charge is 0.148 e. The average molecular weight is 309 g/mol. The lowest BCUT2D eigenvalue weighted by Crippen LogP contribution is -2.23. The second-order valence-electron chi connectivity index (χ2n) is 6.73. The lowest BCUT2D eigenvalue weighted by atomic mass is 9.93. The molecule has 4 heteroatoms. The Hall–Kier alpha value is -2.10. The maximum atomic E-state index is 5.86. The Morgan fingerprint density at radius 1 is 1.04 bits per heavy atom. The van der Waals surface area contributed by atoms with Crippen molar-refractivity contribution in [2.24, 2.45) is 5.92 Å². The normalized spacial score (nSPS) is 20.8. The lowest BCUT2D eigenvalue weighted by molar-refractivity contribution is 0.220. The lowest BCUT2D eigenvalue weighted by Gasteiger charge is -2.24. The molecule has 1 aliphatic heterocycles. The van der Waals surface area contributed by atoms with Gasteiger partial charge in [0.25, 0.3) is 0 Å². The maximum Gasteiger partial charge on any atom is 0.148 e. The van der Waals surface area contributed by atoms with Gasteiger partial charge in [-0.05, 0) is 49.4 Å². The van der Waals surface area contributed by atoms with Gasteiger partial charge in [0.05, 0.1) is 12.3 Å². The Kier molecular flexibility index (Phi) is 4.14. The zero-order chi connectivity index (χ0) is 15.5. The molecule has 2 heterocycles. The number of benzene rings is 1. The van der Waals surface area contributed by atoms with E-state index in [1.54, 1.807) is 0 Å². The quantitative estimate of drug-likeness (QED) is 0.937. The van der Waals surface area contributed by atoms with Crippen LogP contribution in [0.15, 0.2) is 36.4 Å². The van der Waals surface area contributed by atoms with Gasteiger partial charge < -0.3 is 10.1 Å². The van der Waals surface area contributed by atoms with E-state index in [-0.39, 0.29) is 0 Å². The molecule has 0 spiro atoms. The highest BCUT2D eigenvalue weighted by molar-refractivity contribution is 5.36. The van der Waals surface area contributed by atoms with Gasteiger partial charge in [-0.15, -0.1) is 5.10 Å². The minimum absolute atomic E-state index is 0.479. The van der Waals surface area contributed by atoms with E-state index in [0.717, 1.165) is 36.7 Å². The SMILES string of the molecule is c1ccc2c(c1)CC(Cc1ccc(NC3CCCC3)nn1)CO2. The Morgan fingerprint density at radius 3 is 2.74 bits per heavy atom. The summed E-state index contributed by atoms with van der Waals surface area (Å²) in [5, 5.41) is 12.2. The summed E-state index contributed by atoms with van der Waals surface area (Å²) in [6.07, 6.45) is 7.13. The standard InChI is InChI=1S/C19H23N3O/c1-4-8-18-15(5-1)11-14(13-23-18)12-17-9-10-19(22-21-17)20-16-6-2-3-7-16/h1,4-5,8-10,14,16H,2-3,6-7,11-13H2,(H,20,22). The molecular weight excluding hydrogens is 286 g/mol. The topological polar surface area (TPSA) is 47.0 Å². The van der Waals surface area contributed by atoms with E-state index >= 15 is 0 Å². The average Bonchev–Trinajstić information content (AvgIpc) is 3.10. The Labute approximate surface area is 137 Å². The fourth-order valence-corrected chi connectivity index (χ4v) is 3.64. The predicted octanol–water partition coefficient (Wildman–Crippen LogP) is 3.62. The van der Waals surface area contributed by atoms with Crippen LogP contribution in [0.5, 0.6) is 5.75 Å². The molecule has 1 atom stereocenters. The third-order valence-corrected chi connectivity index (χ3v) is 4.88. The summed E-state index contributed by atoms with van der Waals surface area (Å²) in [5.41, 5.74) is 2.35. The maximum absolute atomic E-state index is 5.86. The third-order valence-electron chi connectivity index (χ3n) is 4.88. The van der Waals surface area contributed by atoms with Crippen molar-refractivity contribution in [3.63, 3.8) is 0 Å². The monoisotopic (exact) mass is 309 g/mol. The number of rotatable bonds is 4. The predicted molar refractivity (Wildman–Crippen MR) is 90.7 cm³/mol. The summed E-state index contributed by atoms with van der Waals surface area (Å²) >= 11 is 0. The van der Waals surface area contributed by atoms with E-state index < -0.39 is 0 Å². The zero-order valence-corrected chi connectivity index (χ0v) is 13.4. The number of para-hydroxylation sites is 1. The van der Waals surface area contributed by atoms with Crippen molar-refractivity contribution in [1.29, 1.82) is 0 Å². The van der Waals surface area contributed by atoms with Crippen LogP contribution in [0.3, 0.4) is 0 Å². The molecule has 0 amide bonds. The molecule has 1 saturated carbocycles. The first-order chi connectivity index (χ1) is 11.4. The summed E-state index contributed by atoms with van der Waals surface area (Å²) in [7, 11) is 0. The minimum Gasteiger partial charge on any atom is -0.493 e. The van der Waals surface area contributed by atoms with E-state index in [1.807, 2.05) is 6.07 Å². The molecule has 1 aromatic carbocycles. The van der Waals surface area contributed by atoms with Gasteiger partial charge in [0.2, 0.25) is 0 Å². The number of fused-ring (bicyclic) bond motifs is 1. The second-order valence-corrected chi connectivity index (χ2v) is 6.73. The molecule has 1 unspecified atom stereocenters. The van der Waals surface area contributed by atoms with E-state index in [0.29, 0.717) is 12.0 Å². The Morgan fingerprint density at radius 2 is 1.91 bits per heavy atom. The van der Waals surface area contributed by atoms with Crippen LogP contribution >= 0.6 is 0 Å². The van der Waals surface area contributed by atoms with Gasteiger partial charge in [0.15, 0.2) is 0 Å². The molecule has 0 saturated heterocycles. The zero-order valence-electron chi connectivity index (χ0n) is 13.4. The van der Waals surface area contributed by atoms with Gasteiger partial charge in [0.1, 0.15) is 11.6 Å². The highest BCUT2D eigenvalue weighted by Gasteiger charge is 2.20. The number of hydrogen-bond donors (Lipinski definition) is 1. The molecule has 0 bridgehead atoms. The van der Waals surface area contributed by atoms with Gasteiger partial charge in [-0.2, -0.15) is 5.10 Å². The summed E-state index contributed by atoms with van der Waals surface area (Å²) in [4.78, 5) is 0. The molecule has 4 nitrogen and oxygen atoms in total. The molecule has 120 valence electrons. The van der Waals surface area contributed by atoms with E-state index in [4.69, 9.17) is 4.74 Å². The number of nitrogens with one attached hydrogen (secondary N) is 1. The third kappa shape index (κ3) is 3.46. The van der Waals surface area contributed by atoms with Crippen LogP contribution in [0.2, 0.25) is 0 Å². The molecule has 2 aromatic rings. The molecule has 1 N–H and O–H groups in total. The number of ether oxygens (including phenoxy) is 1. The van der Waals surface area contributed by atoms with Crippen molar-refractivity contribution in [3.8, 4) is 5.75 Å². The second kappa shape index (κ2) is 6.57. The van der Waals surface area contributed by atoms with E-state index in [1.165, 1.54) is 31.2 Å². The summed E-state index contributed by atoms with van der Waals surface area (Å²) in [6.45, 7) is 0.765. The first-order valence-electron chi connectivity index (χ1n) is 8.67. The van der Waals surface area contributed by atoms with Gasteiger partial charge in [-0.1, -0.05) is 31.0 Å². The van der Waals surface area contributed by atoms with Crippen LogP contribution in [0.4, 0.5) is 5.82 Å². The molecule has 1 fully saturated rings. The summed E-state index contributed by atoms with van der Waals surface area (Å²) in [5.74, 6) is 2.42. The van der Waals surface area contributed by atoms with E-state index in [9.17, 15) is 0 Å². The van der Waals surface area contributed by atoms with Crippen molar-refractivity contribution in [1.82, 2.24) is 10.2 Å². The van der Waals surface area contributed by atoms with Gasteiger partial charge >= 0.3 is 0 Å². The Bertz CT molecular complexity index is 650. The highest BCUT2D eigenvalue weighted by Crippen LogP contribution is 2.28. The molecule has 1 aromatic heterocycles. The largest absolute Gasteiger partial charge is 0.493 e. The minimum atomic E-state index is 0.479. The number of nitrogens with zero attached hydrogens (tertiary/aromatic N) is 2. The molecule has 4 rings (SSSR count). The number of hydrogen-bond acceptors (Lipinski definition) is 4. The van der Waals surface area contributed by atoms with Crippen molar-refractivity contribution < 1.29 is 4.74 Å². The van der Waals surface area contributed by atoms with Crippen molar-refractivity contribution in [3.05, 3.63) is 47.7 Å². The van der Waals surface area contributed by atoms with Crippen LogP contribution in [0, 0.1) is 5.92 Å². The van der Waals surface area contributed by atoms with Crippen LogP contribution in [0.1, 0.15) is 36.9 Å². The van der Waals surface area contributed by atoms with Crippen molar-refractivity contribution in [2.45, 2.75) is 44.6 Å². The summed E-state index contributed by atoms with van der Waals surface area (Å²) < 4.78 is 5.86. The summed E-state index contributed by atoms with van der Waals surface area (Å²) in [6, 6.07) is 13.1. The van der Waals surface area contributed by atoms with Crippen LogP contribution < -0.4 is 10.1 Å². The number of anilines is 1. The first kappa shape index (κ1) is 14.5. The van der Waals surface area contributed by atoms with Crippen molar-refractivity contribution in [2.75, 3.05) is 11.9 Å². The molecular formula is C19H23N3O. The van der Waals surface area contributed by atoms with Crippen molar-refractivity contribution >= 4 is 5.82 Å². The van der Waals surface area contributed by atoms with Crippen LogP contribution in [-0.2, 0) is 12.8 Å². The highest BCUT2D eigenvalue weighted by atomic mass is 16.5. The fourth-order valence-electron chi connectivity index (χ4n) is 3.64. The van der Waals surface area contributed by atoms with Gasteiger partial charge in [-0.25, -0.2) is 0 Å². The van der Waals surface area contributed by atoms with Gasteiger partial charge in [0, 0.05) is 12.0 Å². The van der Waals surface area contributed by atoms with Crippen LogP contribution in [0.25, 0.3) is 0 Å². The molecule has 2 aliphatic rings. The first-order valence-corrected chi connectivity index (χ1v) is 8.67. The van der Waals surface area contributed by atoms with Gasteiger partial charge in [-0.3, -0.25) is 0 Å². The molecule has 23 heavy (non-hydrogen) atoms. The molecule has 0 radical (unpaired) electrons. The van der Waals surface area contributed by atoms with E-state index in [2.05, 4.69) is 45.8 Å². The molecule has 1 aliphatic carbocycles. The van der Waals surface area contributed by atoms with Crippen LogP contribution in [-0.4, -0.2) is 22.8 Å². The number of aromatic nitrogens is 2. The fraction of sp³-hybridized carbons (Fsp3) is 0.474. The Balaban J connectivity index is 1.36.